The molecule has 0 aromatic heterocycles. The Morgan fingerprint density at radius 3 is 2.42 bits per heavy atom. The summed E-state index contributed by atoms with van der Waals surface area (Å²) in [4.78, 5) is 27.1. The highest BCUT2D eigenvalue weighted by Gasteiger charge is 2.24. The molecule has 0 aliphatic carbocycles. The second-order valence-electron chi connectivity index (χ2n) is 6.40. The minimum absolute atomic E-state index is 0.0669. The number of carbonyl (C=O) groups is 1. The van der Waals surface area contributed by atoms with Crippen molar-refractivity contribution in [3.8, 4) is 0 Å². The Kier molecular flexibility index (Phi) is 5.48. The van der Waals surface area contributed by atoms with E-state index in [0.717, 1.165) is 26.1 Å². The fraction of sp³-hybridized carbons (Fsp3) is 0.316. The van der Waals surface area contributed by atoms with Gasteiger partial charge in [-0.05, 0) is 24.1 Å². The summed E-state index contributed by atoms with van der Waals surface area (Å²) in [6.45, 7) is 3.79. The molecular weight excluding hydrogens is 332 g/mol. The predicted octanol–water partition coefficient (Wildman–Crippen LogP) is 2.18. The van der Waals surface area contributed by atoms with Gasteiger partial charge >= 0.3 is 0 Å². The molecule has 7 nitrogen and oxygen atoms in total. The standard InChI is InChI=1S/C19H22N4O3/c20-17-7-6-16(14-18(17)23(25)26)19(24)22-12-10-21(11-13-22)9-8-15-4-2-1-3-5-15/h1-7,14H,8-13,20H2. The molecule has 2 N–H and O–H groups in total. The van der Waals surface area contributed by atoms with E-state index in [1.54, 1.807) is 11.0 Å². The van der Waals surface area contributed by atoms with E-state index in [0.29, 0.717) is 18.7 Å². The van der Waals surface area contributed by atoms with E-state index >= 15 is 0 Å². The monoisotopic (exact) mass is 354 g/mol. The van der Waals surface area contributed by atoms with Crippen molar-refractivity contribution in [3.05, 3.63) is 69.8 Å². The van der Waals surface area contributed by atoms with E-state index in [9.17, 15) is 14.9 Å². The lowest BCUT2D eigenvalue weighted by atomic mass is 10.1. The molecule has 26 heavy (non-hydrogen) atoms. The molecule has 136 valence electrons. The van der Waals surface area contributed by atoms with Gasteiger partial charge in [-0.1, -0.05) is 30.3 Å². The minimum Gasteiger partial charge on any atom is -0.393 e. The highest BCUT2D eigenvalue weighted by Crippen LogP contribution is 2.23. The van der Waals surface area contributed by atoms with Crippen molar-refractivity contribution in [2.24, 2.45) is 0 Å². The summed E-state index contributed by atoms with van der Waals surface area (Å²) in [6, 6.07) is 14.6. The first-order valence-corrected chi connectivity index (χ1v) is 8.64. The number of hydrogen-bond acceptors (Lipinski definition) is 5. The molecule has 7 heteroatoms. The highest BCUT2D eigenvalue weighted by molar-refractivity contribution is 5.95. The van der Waals surface area contributed by atoms with Gasteiger partial charge in [0.1, 0.15) is 5.69 Å². The van der Waals surface area contributed by atoms with Crippen LogP contribution in [0.15, 0.2) is 48.5 Å². The zero-order chi connectivity index (χ0) is 18.5. The van der Waals surface area contributed by atoms with Crippen molar-refractivity contribution < 1.29 is 9.72 Å². The van der Waals surface area contributed by atoms with Crippen LogP contribution in [-0.2, 0) is 6.42 Å². The number of nitro benzene ring substituents is 1. The quantitative estimate of drug-likeness (QED) is 0.505. The van der Waals surface area contributed by atoms with E-state index in [4.69, 9.17) is 5.73 Å². The molecule has 0 bridgehead atoms. The third-order valence-electron chi connectivity index (χ3n) is 4.69. The number of piperazine rings is 1. The first kappa shape index (κ1) is 17.9. The van der Waals surface area contributed by atoms with Gasteiger partial charge in [0.05, 0.1) is 4.92 Å². The van der Waals surface area contributed by atoms with Crippen LogP contribution in [0, 0.1) is 10.1 Å². The van der Waals surface area contributed by atoms with Gasteiger partial charge in [-0.25, -0.2) is 0 Å². The molecule has 2 aromatic carbocycles. The van der Waals surface area contributed by atoms with Crippen molar-refractivity contribution in [1.82, 2.24) is 9.80 Å². The van der Waals surface area contributed by atoms with Crippen LogP contribution in [0.25, 0.3) is 0 Å². The number of benzene rings is 2. The van der Waals surface area contributed by atoms with E-state index in [1.165, 1.54) is 17.7 Å². The molecule has 3 rings (SSSR count). The Hall–Kier alpha value is -2.93. The first-order chi connectivity index (χ1) is 12.5. The molecule has 0 spiro atoms. The molecule has 0 radical (unpaired) electrons. The summed E-state index contributed by atoms with van der Waals surface area (Å²) >= 11 is 0. The zero-order valence-electron chi connectivity index (χ0n) is 14.5. The van der Waals surface area contributed by atoms with Crippen LogP contribution in [0.4, 0.5) is 11.4 Å². The second kappa shape index (κ2) is 7.97. The van der Waals surface area contributed by atoms with Gasteiger partial charge < -0.3 is 10.6 Å². The van der Waals surface area contributed by atoms with Gasteiger partial charge in [-0.2, -0.15) is 0 Å². The summed E-state index contributed by atoms with van der Waals surface area (Å²) in [7, 11) is 0. The van der Waals surface area contributed by atoms with Crippen molar-refractivity contribution >= 4 is 17.3 Å². The molecular formula is C19H22N4O3. The number of amides is 1. The number of carbonyl (C=O) groups excluding carboxylic acids is 1. The maximum absolute atomic E-state index is 12.6. The molecule has 1 amide bonds. The summed E-state index contributed by atoms with van der Waals surface area (Å²) in [5, 5.41) is 11.0. The van der Waals surface area contributed by atoms with Crippen molar-refractivity contribution in [1.29, 1.82) is 0 Å². The SMILES string of the molecule is Nc1ccc(C(=O)N2CCN(CCc3ccccc3)CC2)cc1[N+](=O)[O-]. The lowest BCUT2D eigenvalue weighted by molar-refractivity contribution is -0.383. The topological polar surface area (TPSA) is 92.7 Å². The zero-order valence-corrected chi connectivity index (χ0v) is 14.5. The highest BCUT2D eigenvalue weighted by atomic mass is 16.6. The van der Waals surface area contributed by atoms with Gasteiger partial charge in [-0.3, -0.25) is 19.8 Å². The molecule has 0 atom stereocenters. The van der Waals surface area contributed by atoms with E-state index in [-0.39, 0.29) is 17.3 Å². The van der Waals surface area contributed by atoms with Crippen molar-refractivity contribution in [3.63, 3.8) is 0 Å². The molecule has 1 saturated heterocycles. The van der Waals surface area contributed by atoms with E-state index in [1.807, 2.05) is 18.2 Å². The van der Waals surface area contributed by atoms with Gasteiger partial charge in [0.2, 0.25) is 0 Å². The van der Waals surface area contributed by atoms with Crippen LogP contribution in [0.3, 0.4) is 0 Å². The number of nitro groups is 1. The number of rotatable bonds is 5. The number of hydrogen-bond donors (Lipinski definition) is 1. The second-order valence-corrected chi connectivity index (χ2v) is 6.40. The molecule has 1 heterocycles. The van der Waals surface area contributed by atoms with Crippen LogP contribution in [0.5, 0.6) is 0 Å². The lowest BCUT2D eigenvalue weighted by Crippen LogP contribution is -2.49. The number of anilines is 1. The fourth-order valence-electron chi connectivity index (χ4n) is 3.12. The van der Waals surface area contributed by atoms with Crippen LogP contribution in [-0.4, -0.2) is 53.4 Å². The largest absolute Gasteiger partial charge is 0.393 e. The molecule has 0 saturated carbocycles. The van der Waals surface area contributed by atoms with Crippen molar-refractivity contribution in [2.45, 2.75) is 6.42 Å². The Morgan fingerprint density at radius 1 is 1.08 bits per heavy atom. The molecule has 2 aromatic rings. The van der Waals surface area contributed by atoms with Crippen LogP contribution in [0.1, 0.15) is 15.9 Å². The van der Waals surface area contributed by atoms with Crippen LogP contribution < -0.4 is 5.73 Å². The average molecular weight is 354 g/mol. The molecule has 0 unspecified atom stereocenters. The molecule has 1 fully saturated rings. The van der Waals surface area contributed by atoms with E-state index in [2.05, 4.69) is 17.0 Å². The number of nitrogen functional groups attached to an aromatic ring is 1. The van der Waals surface area contributed by atoms with Gasteiger partial charge in [0, 0.05) is 44.4 Å². The summed E-state index contributed by atoms with van der Waals surface area (Å²) < 4.78 is 0. The van der Waals surface area contributed by atoms with E-state index < -0.39 is 4.92 Å². The maximum Gasteiger partial charge on any atom is 0.292 e. The minimum atomic E-state index is -0.562. The predicted molar refractivity (Wildman–Crippen MR) is 100.0 cm³/mol. The molecule has 1 aliphatic rings. The maximum atomic E-state index is 12.6. The Labute approximate surface area is 152 Å². The molecule has 1 aliphatic heterocycles. The van der Waals surface area contributed by atoms with Crippen LogP contribution >= 0.6 is 0 Å². The van der Waals surface area contributed by atoms with Gasteiger partial charge in [-0.15, -0.1) is 0 Å². The third kappa shape index (κ3) is 4.18. The van der Waals surface area contributed by atoms with Crippen LogP contribution in [0.2, 0.25) is 0 Å². The van der Waals surface area contributed by atoms with Crippen molar-refractivity contribution in [2.75, 3.05) is 38.5 Å². The Bertz CT molecular complexity index is 787. The number of nitrogens with two attached hydrogens (primary N) is 1. The summed E-state index contributed by atoms with van der Waals surface area (Å²) in [5.74, 6) is -0.184. The lowest BCUT2D eigenvalue weighted by Gasteiger charge is -2.34. The Morgan fingerprint density at radius 2 is 1.77 bits per heavy atom. The summed E-state index contributed by atoms with van der Waals surface area (Å²) in [5.41, 5.74) is 7.05. The smallest absolute Gasteiger partial charge is 0.292 e. The normalized spacial score (nSPS) is 15.0. The van der Waals surface area contributed by atoms with Gasteiger partial charge in [0.25, 0.3) is 11.6 Å². The fourth-order valence-corrected chi connectivity index (χ4v) is 3.12. The number of nitrogens with zero attached hydrogens (tertiary/aromatic N) is 3. The Balaban J connectivity index is 1.55. The average Bonchev–Trinajstić information content (AvgIpc) is 2.67. The third-order valence-corrected chi connectivity index (χ3v) is 4.69. The summed E-state index contributed by atoms with van der Waals surface area (Å²) in [6.07, 6.45) is 0.985. The first-order valence-electron chi connectivity index (χ1n) is 8.64. The van der Waals surface area contributed by atoms with Gasteiger partial charge in [0.15, 0.2) is 0 Å².